The van der Waals surface area contributed by atoms with Crippen LogP contribution in [0.25, 0.3) is 0 Å². The highest BCUT2D eigenvalue weighted by molar-refractivity contribution is 7.09. The highest BCUT2D eigenvalue weighted by atomic mass is 32.1. The molecule has 0 radical (unpaired) electrons. The summed E-state index contributed by atoms with van der Waals surface area (Å²) in [5.41, 5.74) is 0.596. The molecule has 2 amide bonds. The fourth-order valence-corrected chi connectivity index (χ4v) is 2.66. The van der Waals surface area contributed by atoms with Gasteiger partial charge in [-0.1, -0.05) is 18.2 Å². The Bertz CT molecular complexity index is 588. The number of aromatic nitrogens is 1. The third-order valence-electron chi connectivity index (χ3n) is 3.03. The van der Waals surface area contributed by atoms with Gasteiger partial charge in [-0.05, 0) is 31.9 Å². The highest BCUT2D eigenvalue weighted by Gasteiger charge is 2.14. The summed E-state index contributed by atoms with van der Waals surface area (Å²) in [7, 11) is 0. The van der Waals surface area contributed by atoms with E-state index in [4.69, 9.17) is 0 Å². The first-order valence-electron chi connectivity index (χ1n) is 6.76. The number of carbonyl (C=O) groups is 1. The summed E-state index contributed by atoms with van der Waals surface area (Å²) in [5, 5.41) is 8.35. The molecule has 0 bridgehead atoms. The van der Waals surface area contributed by atoms with E-state index in [1.54, 1.807) is 24.4 Å². The molecule has 0 spiro atoms. The number of urea groups is 1. The molecule has 4 nitrogen and oxygen atoms in total. The number of benzene rings is 1. The van der Waals surface area contributed by atoms with E-state index in [9.17, 15) is 9.18 Å². The molecule has 0 saturated heterocycles. The zero-order valence-electron chi connectivity index (χ0n) is 12.0. The summed E-state index contributed by atoms with van der Waals surface area (Å²) >= 11 is 1.49. The van der Waals surface area contributed by atoms with Crippen molar-refractivity contribution in [3.8, 4) is 0 Å². The van der Waals surface area contributed by atoms with E-state index in [2.05, 4.69) is 15.6 Å². The summed E-state index contributed by atoms with van der Waals surface area (Å²) in [4.78, 5) is 16.0. The van der Waals surface area contributed by atoms with Gasteiger partial charge >= 0.3 is 6.03 Å². The average Bonchev–Trinajstić information content (AvgIpc) is 2.95. The Hall–Kier alpha value is -1.95. The first-order valence-corrected chi connectivity index (χ1v) is 7.64. The van der Waals surface area contributed by atoms with E-state index < -0.39 is 0 Å². The average molecular weight is 307 g/mol. The normalized spacial score (nSPS) is 13.5. The van der Waals surface area contributed by atoms with Crippen molar-refractivity contribution in [3.63, 3.8) is 0 Å². The van der Waals surface area contributed by atoms with Crippen molar-refractivity contribution >= 4 is 17.4 Å². The minimum atomic E-state index is -0.276. The molecular weight excluding hydrogens is 289 g/mol. The third-order valence-corrected chi connectivity index (χ3v) is 3.99. The van der Waals surface area contributed by atoms with Crippen LogP contribution < -0.4 is 10.6 Å². The van der Waals surface area contributed by atoms with E-state index in [0.29, 0.717) is 12.0 Å². The molecule has 21 heavy (non-hydrogen) atoms. The van der Waals surface area contributed by atoms with Gasteiger partial charge in [0.05, 0.1) is 6.04 Å². The van der Waals surface area contributed by atoms with Gasteiger partial charge in [0.2, 0.25) is 0 Å². The van der Waals surface area contributed by atoms with Crippen molar-refractivity contribution in [1.29, 1.82) is 0 Å². The molecule has 1 aromatic heterocycles. The molecule has 2 atom stereocenters. The minimum Gasteiger partial charge on any atom is -0.335 e. The van der Waals surface area contributed by atoms with Crippen LogP contribution >= 0.6 is 11.3 Å². The number of amides is 2. The fraction of sp³-hybridized carbons (Fsp3) is 0.333. The Labute approximate surface area is 127 Å². The lowest BCUT2D eigenvalue weighted by molar-refractivity contribution is 0.234. The fourth-order valence-electron chi connectivity index (χ4n) is 2.02. The van der Waals surface area contributed by atoms with Gasteiger partial charge in [0.15, 0.2) is 0 Å². The van der Waals surface area contributed by atoms with Gasteiger partial charge < -0.3 is 10.6 Å². The minimum absolute atomic E-state index is 0.148. The van der Waals surface area contributed by atoms with Gasteiger partial charge in [-0.25, -0.2) is 14.2 Å². The largest absolute Gasteiger partial charge is 0.335 e. The first kappa shape index (κ1) is 15.4. The smallest absolute Gasteiger partial charge is 0.315 e. The van der Waals surface area contributed by atoms with Crippen molar-refractivity contribution in [2.75, 3.05) is 0 Å². The number of hydrogen-bond acceptors (Lipinski definition) is 3. The summed E-state index contributed by atoms with van der Waals surface area (Å²) in [5.74, 6) is -0.247. The molecule has 2 aromatic rings. The number of halogens is 1. The van der Waals surface area contributed by atoms with Gasteiger partial charge in [-0.2, -0.15) is 0 Å². The van der Waals surface area contributed by atoms with Crippen LogP contribution in [0.1, 0.15) is 30.5 Å². The van der Waals surface area contributed by atoms with Crippen molar-refractivity contribution in [2.45, 2.75) is 32.4 Å². The summed E-state index contributed by atoms with van der Waals surface area (Å²) < 4.78 is 13.5. The topological polar surface area (TPSA) is 54.0 Å². The number of thiazole rings is 1. The Morgan fingerprint density at radius 3 is 2.76 bits per heavy atom. The van der Waals surface area contributed by atoms with Crippen molar-refractivity contribution in [1.82, 2.24) is 15.6 Å². The van der Waals surface area contributed by atoms with Crippen LogP contribution in [0.5, 0.6) is 0 Å². The predicted octanol–water partition coefficient (Wildman–Crippen LogP) is 3.27. The van der Waals surface area contributed by atoms with E-state index in [1.807, 2.05) is 19.2 Å². The lowest BCUT2D eigenvalue weighted by Crippen LogP contribution is -2.42. The van der Waals surface area contributed by atoms with Crippen molar-refractivity contribution < 1.29 is 9.18 Å². The second-order valence-corrected chi connectivity index (χ2v) is 5.83. The number of nitrogens with zero attached hydrogens (tertiary/aromatic N) is 1. The Balaban J connectivity index is 1.83. The van der Waals surface area contributed by atoms with Crippen LogP contribution in [-0.2, 0) is 6.42 Å². The molecule has 1 aromatic carbocycles. The third kappa shape index (κ3) is 4.53. The molecular formula is C15H18FN3OS. The van der Waals surface area contributed by atoms with Gasteiger partial charge in [0.1, 0.15) is 10.8 Å². The van der Waals surface area contributed by atoms with Crippen molar-refractivity contribution in [2.24, 2.45) is 0 Å². The monoisotopic (exact) mass is 307 g/mol. The zero-order valence-corrected chi connectivity index (χ0v) is 12.8. The Kier molecular flexibility index (Phi) is 5.27. The Morgan fingerprint density at radius 2 is 2.10 bits per heavy atom. The summed E-state index contributed by atoms with van der Waals surface area (Å²) in [6, 6.07) is 6.00. The second-order valence-electron chi connectivity index (χ2n) is 4.91. The van der Waals surface area contributed by atoms with Crippen LogP contribution in [0.2, 0.25) is 0 Å². The van der Waals surface area contributed by atoms with Crippen LogP contribution in [0.4, 0.5) is 9.18 Å². The van der Waals surface area contributed by atoms with Crippen LogP contribution in [-0.4, -0.2) is 17.1 Å². The lowest BCUT2D eigenvalue weighted by atomic mass is 10.1. The van der Waals surface area contributed by atoms with E-state index >= 15 is 0 Å². The molecule has 2 rings (SSSR count). The van der Waals surface area contributed by atoms with Crippen LogP contribution in [0.3, 0.4) is 0 Å². The number of hydrogen-bond donors (Lipinski definition) is 2. The molecule has 112 valence electrons. The number of nitrogens with one attached hydrogen (secondary N) is 2. The predicted molar refractivity (Wildman–Crippen MR) is 81.8 cm³/mol. The first-order chi connectivity index (χ1) is 10.1. The molecule has 0 aliphatic heterocycles. The van der Waals surface area contributed by atoms with Crippen molar-refractivity contribution in [3.05, 3.63) is 52.2 Å². The van der Waals surface area contributed by atoms with E-state index in [1.165, 1.54) is 17.4 Å². The standard InChI is InChI=1S/C15H18FN3OS/c1-10(9-12-5-3-4-6-13(12)16)18-15(20)19-11(2)14-17-7-8-21-14/h3-8,10-11H,9H2,1-2H3,(H2,18,19,20)/t10-,11-/m1/s1. The highest BCUT2D eigenvalue weighted by Crippen LogP contribution is 2.14. The van der Waals surface area contributed by atoms with Crippen LogP contribution in [0.15, 0.2) is 35.8 Å². The SMILES string of the molecule is C[C@H](Cc1ccccc1F)NC(=O)N[C@H](C)c1nccs1. The maximum Gasteiger partial charge on any atom is 0.315 e. The Morgan fingerprint density at radius 1 is 1.33 bits per heavy atom. The maximum atomic E-state index is 13.5. The van der Waals surface area contributed by atoms with Gasteiger partial charge in [0.25, 0.3) is 0 Å². The van der Waals surface area contributed by atoms with E-state index in [0.717, 1.165) is 5.01 Å². The van der Waals surface area contributed by atoms with Gasteiger partial charge in [-0.15, -0.1) is 11.3 Å². The molecule has 0 saturated carbocycles. The second kappa shape index (κ2) is 7.17. The van der Waals surface area contributed by atoms with Crippen LogP contribution in [0, 0.1) is 5.82 Å². The molecule has 0 aliphatic rings. The van der Waals surface area contributed by atoms with Gasteiger partial charge in [-0.3, -0.25) is 0 Å². The van der Waals surface area contributed by atoms with Gasteiger partial charge in [0, 0.05) is 17.6 Å². The molecule has 6 heteroatoms. The molecule has 0 aliphatic carbocycles. The number of carbonyl (C=O) groups excluding carboxylic acids is 1. The summed E-state index contributed by atoms with van der Waals surface area (Å²) in [6.45, 7) is 3.72. The lowest BCUT2D eigenvalue weighted by Gasteiger charge is -2.17. The molecule has 2 N–H and O–H groups in total. The number of rotatable bonds is 5. The molecule has 0 fully saturated rings. The molecule has 0 unspecified atom stereocenters. The van der Waals surface area contributed by atoms with E-state index in [-0.39, 0.29) is 23.9 Å². The zero-order chi connectivity index (χ0) is 15.2. The summed E-state index contributed by atoms with van der Waals surface area (Å²) in [6.07, 6.45) is 2.16. The maximum absolute atomic E-state index is 13.5. The molecule has 1 heterocycles. The quantitative estimate of drug-likeness (QED) is 0.890.